The summed E-state index contributed by atoms with van der Waals surface area (Å²) in [5.74, 6) is 1.01. The van der Waals surface area contributed by atoms with Crippen molar-refractivity contribution in [3.8, 4) is 11.5 Å². The number of amides is 1. The number of hydrogen-bond acceptors (Lipinski definition) is 4. The monoisotopic (exact) mass is 256 g/mol. The highest BCUT2D eigenvalue weighted by molar-refractivity contribution is 5.94. The Labute approximate surface area is 110 Å². The molecule has 1 aromatic carbocycles. The average molecular weight is 256 g/mol. The third-order valence-electron chi connectivity index (χ3n) is 2.75. The molecule has 2 aromatic rings. The van der Waals surface area contributed by atoms with E-state index in [0.29, 0.717) is 17.2 Å². The zero-order valence-electron chi connectivity index (χ0n) is 10.1. The molecule has 0 spiro atoms. The summed E-state index contributed by atoms with van der Waals surface area (Å²) in [7, 11) is 0. The molecule has 1 amide bonds. The Balaban J connectivity index is 1.70. The lowest BCUT2D eigenvalue weighted by molar-refractivity contribution is -0.125. The zero-order chi connectivity index (χ0) is 13.1. The molecule has 0 saturated heterocycles. The highest BCUT2D eigenvalue weighted by Gasteiger charge is 2.27. The van der Waals surface area contributed by atoms with E-state index in [1.165, 1.54) is 0 Å². The summed E-state index contributed by atoms with van der Waals surface area (Å²) in [6, 6.07) is 10.7. The summed E-state index contributed by atoms with van der Waals surface area (Å²) >= 11 is 0. The summed E-state index contributed by atoms with van der Waals surface area (Å²) in [4.78, 5) is 15.9. The van der Waals surface area contributed by atoms with Gasteiger partial charge in [0.05, 0.1) is 0 Å². The molecule has 2 heterocycles. The fourth-order valence-corrected chi connectivity index (χ4v) is 1.81. The molecule has 5 heteroatoms. The lowest BCUT2D eigenvalue weighted by Gasteiger charge is -2.25. The molecule has 3 rings (SSSR count). The minimum absolute atomic E-state index is 0.202. The summed E-state index contributed by atoms with van der Waals surface area (Å²) in [5, 5.41) is 2.76. The van der Waals surface area contributed by atoms with Crippen LogP contribution in [-0.4, -0.2) is 23.6 Å². The number of benzene rings is 1. The highest BCUT2D eigenvalue weighted by Crippen LogP contribution is 2.31. The predicted octanol–water partition coefficient (Wildman–Crippen LogP) is 1.86. The molecular formula is C14H12N2O3. The number of aromatic nitrogens is 1. The zero-order valence-corrected chi connectivity index (χ0v) is 10.1. The number of carbonyl (C=O) groups excluding carboxylic acids is 1. The number of rotatable bonds is 2. The van der Waals surface area contributed by atoms with Gasteiger partial charge in [0.25, 0.3) is 5.91 Å². The average Bonchev–Trinajstić information content (AvgIpc) is 2.48. The Bertz CT molecular complexity index is 586. The van der Waals surface area contributed by atoms with E-state index in [9.17, 15) is 4.79 Å². The first kappa shape index (κ1) is 11.5. The van der Waals surface area contributed by atoms with E-state index in [1.807, 2.05) is 18.2 Å². The van der Waals surface area contributed by atoms with Crippen molar-refractivity contribution in [1.29, 1.82) is 0 Å². The smallest absolute Gasteiger partial charge is 0.269 e. The van der Waals surface area contributed by atoms with Crippen LogP contribution in [0.3, 0.4) is 0 Å². The van der Waals surface area contributed by atoms with Crippen molar-refractivity contribution < 1.29 is 14.3 Å². The van der Waals surface area contributed by atoms with Crippen molar-refractivity contribution >= 4 is 11.6 Å². The summed E-state index contributed by atoms with van der Waals surface area (Å²) in [6.45, 7) is 0.202. The third-order valence-corrected chi connectivity index (χ3v) is 2.75. The van der Waals surface area contributed by atoms with E-state index in [4.69, 9.17) is 9.47 Å². The molecule has 1 atom stereocenters. The number of hydrogen-bond donors (Lipinski definition) is 1. The molecule has 5 nitrogen and oxygen atoms in total. The number of nitrogens with one attached hydrogen (secondary N) is 1. The van der Waals surface area contributed by atoms with E-state index in [-0.39, 0.29) is 12.5 Å². The topological polar surface area (TPSA) is 60.5 Å². The SMILES string of the molecule is O=C(Nc1ccncc1)C1COc2ccccc2O1. The largest absolute Gasteiger partial charge is 0.485 e. The van der Waals surface area contributed by atoms with Crippen LogP contribution in [-0.2, 0) is 4.79 Å². The number of fused-ring (bicyclic) bond motifs is 1. The van der Waals surface area contributed by atoms with Gasteiger partial charge in [0.15, 0.2) is 11.5 Å². The maximum Gasteiger partial charge on any atom is 0.269 e. The van der Waals surface area contributed by atoms with Gasteiger partial charge in [-0.3, -0.25) is 9.78 Å². The number of anilines is 1. The number of carbonyl (C=O) groups is 1. The molecule has 0 bridgehead atoms. The molecule has 0 aliphatic carbocycles. The Hall–Kier alpha value is -2.56. The fourth-order valence-electron chi connectivity index (χ4n) is 1.81. The van der Waals surface area contributed by atoms with Crippen molar-refractivity contribution in [3.63, 3.8) is 0 Å². The van der Waals surface area contributed by atoms with Gasteiger partial charge >= 0.3 is 0 Å². The van der Waals surface area contributed by atoms with Crippen LogP contribution in [0.15, 0.2) is 48.8 Å². The van der Waals surface area contributed by atoms with Crippen molar-refractivity contribution in [2.45, 2.75) is 6.10 Å². The Morgan fingerprint density at radius 3 is 2.68 bits per heavy atom. The maximum absolute atomic E-state index is 12.0. The summed E-state index contributed by atoms with van der Waals surface area (Å²) in [6.07, 6.45) is 2.58. The van der Waals surface area contributed by atoms with Crippen molar-refractivity contribution in [3.05, 3.63) is 48.8 Å². The summed E-state index contributed by atoms with van der Waals surface area (Å²) in [5.41, 5.74) is 0.683. The van der Waals surface area contributed by atoms with Crippen LogP contribution in [0.1, 0.15) is 0 Å². The molecule has 96 valence electrons. The maximum atomic E-state index is 12.0. The lowest BCUT2D eigenvalue weighted by atomic mass is 10.2. The van der Waals surface area contributed by atoms with Gasteiger partial charge in [-0.05, 0) is 24.3 Å². The van der Waals surface area contributed by atoms with Crippen molar-refractivity contribution in [2.75, 3.05) is 11.9 Å². The summed E-state index contributed by atoms with van der Waals surface area (Å²) < 4.78 is 11.1. The molecule has 1 unspecified atom stereocenters. The van der Waals surface area contributed by atoms with Gasteiger partial charge in [-0.25, -0.2) is 0 Å². The second-order valence-electron chi connectivity index (χ2n) is 4.09. The highest BCUT2D eigenvalue weighted by atomic mass is 16.6. The predicted molar refractivity (Wildman–Crippen MR) is 69.2 cm³/mol. The first-order valence-corrected chi connectivity index (χ1v) is 5.92. The first-order chi connectivity index (χ1) is 9.33. The van der Waals surface area contributed by atoms with Gasteiger partial charge < -0.3 is 14.8 Å². The van der Waals surface area contributed by atoms with Gasteiger partial charge in [0.2, 0.25) is 6.10 Å². The molecule has 1 aliphatic heterocycles. The van der Waals surface area contributed by atoms with Gasteiger partial charge in [0, 0.05) is 18.1 Å². The van der Waals surface area contributed by atoms with Crippen molar-refractivity contribution in [1.82, 2.24) is 4.98 Å². The van der Waals surface area contributed by atoms with E-state index in [0.717, 1.165) is 0 Å². The Kier molecular flexibility index (Phi) is 3.02. The molecule has 0 radical (unpaired) electrons. The van der Waals surface area contributed by atoms with Crippen LogP contribution in [0, 0.1) is 0 Å². The number of nitrogens with zero attached hydrogens (tertiary/aromatic N) is 1. The van der Waals surface area contributed by atoms with Gasteiger partial charge in [-0.1, -0.05) is 12.1 Å². The van der Waals surface area contributed by atoms with Crippen LogP contribution in [0.2, 0.25) is 0 Å². The van der Waals surface area contributed by atoms with Crippen molar-refractivity contribution in [2.24, 2.45) is 0 Å². The normalized spacial score (nSPS) is 16.7. The van der Waals surface area contributed by atoms with E-state index >= 15 is 0 Å². The molecule has 1 aromatic heterocycles. The molecule has 1 N–H and O–H groups in total. The minimum atomic E-state index is -0.650. The van der Waals surface area contributed by atoms with Gasteiger partial charge in [-0.15, -0.1) is 0 Å². The molecule has 0 saturated carbocycles. The third kappa shape index (κ3) is 2.49. The second kappa shape index (κ2) is 4.97. The standard InChI is InChI=1S/C14H12N2O3/c17-14(16-10-5-7-15-8-6-10)13-9-18-11-3-1-2-4-12(11)19-13/h1-8,13H,9H2,(H,15,16,17). The molecule has 19 heavy (non-hydrogen) atoms. The number of ether oxygens (including phenoxy) is 2. The Morgan fingerprint density at radius 2 is 1.89 bits per heavy atom. The van der Waals surface area contributed by atoms with E-state index < -0.39 is 6.10 Å². The van der Waals surface area contributed by atoms with Gasteiger partial charge in [-0.2, -0.15) is 0 Å². The molecule has 0 fully saturated rings. The van der Waals surface area contributed by atoms with Crippen LogP contribution in [0.4, 0.5) is 5.69 Å². The quantitative estimate of drug-likeness (QED) is 0.891. The van der Waals surface area contributed by atoms with Crippen LogP contribution in [0.25, 0.3) is 0 Å². The Morgan fingerprint density at radius 1 is 1.16 bits per heavy atom. The van der Waals surface area contributed by atoms with Crippen LogP contribution < -0.4 is 14.8 Å². The molecule has 1 aliphatic rings. The fraction of sp³-hybridized carbons (Fsp3) is 0.143. The first-order valence-electron chi connectivity index (χ1n) is 5.92. The number of para-hydroxylation sites is 2. The van der Waals surface area contributed by atoms with E-state index in [1.54, 1.807) is 30.6 Å². The number of pyridine rings is 1. The van der Waals surface area contributed by atoms with Crippen LogP contribution >= 0.6 is 0 Å². The molecular weight excluding hydrogens is 244 g/mol. The van der Waals surface area contributed by atoms with Crippen LogP contribution in [0.5, 0.6) is 11.5 Å². The lowest BCUT2D eigenvalue weighted by Crippen LogP contribution is -2.40. The van der Waals surface area contributed by atoms with Gasteiger partial charge in [0.1, 0.15) is 6.61 Å². The minimum Gasteiger partial charge on any atom is -0.485 e. The van der Waals surface area contributed by atoms with E-state index in [2.05, 4.69) is 10.3 Å². The second-order valence-corrected chi connectivity index (χ2v) is 4.09.